The standard InChI is InChI=1S/C14H12O2S/c15-17(16)10-13(11-6-2-1-3-7-11)12-8-4-5-9-14(12)17/h1-9,13H,10H2. The van der Waals surface area contributed by atoms with Crippen LogP contribution in [0.1, 0.15) is 17.0 Å². The number of fused-ring (bicyclic) bond motifs is 1. The van der Waals surface area contributed by atoms with Gasteiger partial charge in [0.15, 0.2) is 9.84 Å². The van der Waals surface area contributed by atoms with E-state index in [1.165, 1.54) is 0 Å². The Morgan fingerprint density at radius 3 is 2.29 bits per heavy atom. The molecule has 0 aliphatic carbocycles. The third-order valence-electron chi connectivity index (χ3n) is 3.22. The van der Waals surface area contributed by atoms with Crippen LogP contribution in [0.3, 0.4) is 0 Å². The molecule has 1 unspecified atom stereocenters. The number of rotatable bonds is 1. The molecule has 1 aliphatic heterocycles. The highest BCUT2D eigenvalue weighted by atomic mass is 32.2. The van der Waals surface area contributed by atoms with Crippen LogP contribution in [-0.2, 0) is 9.84 Å². The van der Waals surface area contributed by atoms with Crippen LogP contribution in [0.4, 0.5) is 0 Å². The Morgan fingerprint density at radius 1 is 0.882 bits per heavy atom. The molecule has 2 aromatic rings. The molecule has 0 saturated heterocycles. The Kier molecular flexibility index (Phi) is 2.30. The van der Waals surface area contributed by atoms with Gasteiger partial charge in [-0.15, -0.1) is 0 Å². The highest BCUT2D eigenvalue weighted by Gasteiger charge is 2.34. The van der Waals surface area contributed by atoms with E-state index in [4.69, 9.17) is 0 Å². The first kappa shape index (κ1) is 10.5. The summed E-state index contributed by atoms with van der Waals surface area (Å²) in [6.07, 6.45) is 0. The van der Waals surface area contributed by atoms with Gasteiger partial charge < -0.3 is 0 Å². The lowest BCUT2D eigenvalue weighted by atomic mass is 9.93. The largest absolute Gasteiger partial charge is 0.224 e. The zero-order valence-electron chi connectivity index (χ0n) is 9.21. The van der Waals surface area contributed by atoms with E-state index < -0.39 is 9.84 Å². The second-order valence-corrected chi connectivity index (χ2v) is 6.29. The average molecular weight is 244 g/mol. The second kappa shape index (κ2) is 3.70. The van der Waals surface area contributed by atoms with Gasteiger partial charge in [-0.25, -0.2) is 8.42 Å². The summed E-state index contributed by atoms with van der Waals surface area (Å²) in [4.78, 5) is 0.494. The van der Waals surface area contributed by atoms with Gasteiger partial charge in [-0.2, -0.15) is 0 Å². The van der Waals surface area contributed by atoms with Crippen LogP contribution >= 0.6 is 0 Å². The maximum atomic E-state index is 12.0. The van der Waals surface area contributed by atoms with Gasteiger partial charge in [0.05, 0.1) is 10.6 Å². The number of hydrogen-bond donors (Lipinski definition) is 0. The molecule has 2 aromatic carbocycles. The summed E-state index contributed by atoms with van der Waals surface area (Å²) < 4.78 is 24.1. The van der Waals surface area contributed by atoms with Crippen molar-refractivity contribution in [1.29, 1.82) is 0 Å². The fourth-order valence-corrected chi connectivity index (χ4v) is 4.26. The van der Waals surface area contributed by atoms with E-state index in [2.05, 4.69) is 0 Å². The van der Waals surface area contributed by atoms with Crippen LogP contribution < -0.4 is 0 Å². The van der Waals surface area contributed by atoms with Crippen molar-refractivity contribution in [2.45, 2.75) is 10.8 Å². The van der Waals surface area contributed by atoms with Gasteiger partial charge in [-0.05, 0) is 17.2 Å². The summed E-state index contributed by atoms with van der Waals surface area (Å²) in [7, 11) is -3.10. The molecule has 0 amide bonds. The van der Waals surface area contributed by atoms with Gasteiger partial charge in [-0.3, -0.25) is 0 Å². The molecule has 2 nitrogen and oxygen atoms in total. The van der Waals surface area contributed by atoms with Gasteiger partial charge >= 0.3 is 0 Å². The first-order valence-corrected chi connectivity index (χ1v) is 7.20. The zero-order chi connectivity index (χ0) is 11.9. The first-order valence-electron chi connectivity index (χ1n) is 5.55. The second-order valence-electron chi connectivity index (χ2n) is 4.28. The van der Waals surface area contributed by atoms with Crippen molar-refractivity contribution in [3.8, 4) is 0 Å². The van der Waals surface area contributed by atoms with Gasteiger partial charge in [-0.1, -0.05) is 48.5 Å². The van der Waals surface area contributed by atoms with Gasteiger partial charge in [0.2, 0.25) is 0 Å². The van der Waals surface area contributed by atoms with Crippen molar-refractivity contribution in [3.63, 3.8) is 0 Å². The highest BCUT2D eigenvalue weighted by molar-refractivity contribution is 7.91. The van der Waals surface area contributed by atoms with Crippen LogP contribution in [0.5, 0.6) is 0 Å². The first-order chi connectivity index (χ1) is 8.18. The molecule has 0 radical (unpaired) electrons. The summed E-state index contributed by atoms with van der Waals surface area (Å²) in [5.74, 6) is 0.175. The molecule has 1 aliphatic rings. The van der Waals surface area contributed by atoms with E-state index >= 15 is 0 Å². The molecule has 0 spiro atoms. The smallest absolute Gasteiger partial charge is 0.179 e. The molecule has 0 bridgehead atoms. The van der Waals surface area contributed by atoms with E-state index in [-0.39, 0.29) is 11.7 Å². The molecule has 1 atom stereocenters. The minimum absolute atomic E-state index is 0.0163. The Bertz CT molecular complexity index is 645. The summed E-state index contributed by atoms with van der Waals surface area (Å²) in [5.41, 5.74) is 2.00. The minimum Gasteiger partial charge on any atom is -0.224 e. The molecule has 3 rings (SSSR count). The fraction of sp³-hybridized carbons (Fsp3) is 0.143. The molecule has 0 N–H and O–H groups in total. The molecule has 86 valence electrons. The third kappa shape index (κ3) is 1.67. The van der Waals surface area contributed by atoms with Crippen molar-refractivity contribution in [3.05, 3.63) is 65.7 Å². The summed E-state index contributed by atoms with van der Waals surface area (Å²) in [5, 5.41) is 0. The van der Waals surface area contributed by atoms with Crippen LogP contribution in [0, 0.1) is 0 Å². The Hall–Kier alpha value is -1.61. The van der Waals surface area contributed by atoms with Crippen molar-refractivity contribution in [2.75, 3.05) is 5.75 Å². The molecule has 0 aromatic heterocycles. The van der Waals surface area contributed by atoms with Crippen LogP contribution in [0.15, 0.2) is 59.5 Å². The topological polar surface area (TPSA) is 34.1 Å². The lowest BCUT2D eigenvalue weighted by molar-refractivity contribution is 0.599. The monoisotopic (exact) mass is 244 g/mol. The molecule has 3 heteroatoms. The van der Waals surface area contributed by atoms with Crippen LogP contribution in [0.25, 0.3) is 0 Å². The highest BCUT2D eigenvalue weighted by Crippen LogP contribution is 2.38. The van der Waals surface area contributed by atoms with Crippen molar-refractivity contribution in [2.24, 2.45) is 0 Å². The number of sulfone groups is 1. The van der Waals surface area contributed by atoms with Gasteiger partial charge in [0.1, 0.15) is 0 Å². The predicted molar refractivity (Wildman–Crippen MR) is 66.8 cm³/mol. The van der Waals surface area contributed by atoms with E-state index in [1.807, 2.05) is 42.5 Å². The fourth-order valence-electron chi connectivity index (χ4n) is 2.41. The van der Waals surface area contributed by atoms with E-state index in [0.29, 0.717) is 4.90 Å². The molecule has 17 heavy (non-hydrogen) atoms. The predicted octanol–water partition coefficient (Wildman–Crippen LogP) is 2.61. The van der Waals surface area contributed by atoms with E-state index in [9.17, 15) is 8.42 Å². The summed E-state index contributed by atoms with van der Waals surface area (Å²) in [6, 6.07) is 17.1. The average Bonchev–Trinajstić information content (AvgIpc) is 2.64. The quantitative estimate of drug-likeness (QED) is 0.772. The molecule has 0 saturated carbocycles. The van der Waals surface area contributed by atoms with E-state index in [0.717, 1.165) is 11.1 Å². The van der Waals surface area contributed by atoms with Crippen molar-refractivity contribution >= 4 is 9.84 Å². The van der Waals surface area contributed by atoms with Crippen molar-refractivity contribution in [1.82, 2.24) is 0 Å². The molecular formula is C14H12O2S. The lowest BCUT2D eigenvalue weighted by Crippen LogP contribution is -2.04. The molecule has 1 heterocycles. The Labute approximate surface area is 101 Å². The summed E-state index contributed by atoms with van der Waals surface area (Å²) >= 11 is 0. The third-order valence-corrected chi connectivity index (χ3v) is 5.03. The van der Waals surface area contributed by atoms with Gasteiger partial charge in [0.25, 0.3) is 0 Å². The van der Waals surface area contributed by atoms with Crippen molar-refractivity contribution < 1.29 is 8.42 Å². The van der Waals surface area contributed by atoms with Gasteiger partial charge in [0, 0.05) is 5.92 Å². The molecular weight excluding hydrogens is 232 g/mol. The normalized spacial score (nSPS) is 21.1. The van der Waals surface area contributed by atoms with Crippen LogP contribution in [-0.4, -0.2) is 14.2 Å². The number of benzene rings is 2. The zero-order valence-corrected chi connectivity index (χ0v) is 10.0. The Balaban J connectivity index is 2.19. The maximum absolute atomic E-state index is 12.0. The SMILES string of the molecule is O=S1(=O)CC(c2ccccc2)c2ccccc21. The minimum atomic E-state index is -3.10. The lowest BCUT2D eigenvalue weighted by Gasteiger charge is -2.09. The van der Waals surface area contributed by atoms with Crippen LogP contribution in [0.2, 0.25) is 0 Å². The maximum Gasteiger partial charge on any atom is 0.179 e. The molecule has 0 fully saturated rings. The summed E-state index contributed by atoms with van der Waals surface area (Å²) in [6.45, 7) is 0. The number of hydrogen-bond acceptors (Lipinski definition) is 2. The van der Waals surface area contributed by atoms with E-state index in [1.54, 1.807) is 12.1 Å². The Morgan fingerprint density at radius 2 is 1.53 bits per heavy atom.